The molecule has 2 unspecified atom stereocenters. The first kappa shape index (κ1) is 12.6. The highest BCUT2D eigenvalue weighted by Crippen LogP contribution is 2.44. The maximum atomic E-state index is 5.91. The summed E-state index contributed by atoms with van der Waals surface area (Å²) in [6, 6.07) is 0.287. The largest absolute Gasteiger partial charge is 0.381 e. The number of anilines is 1. The Kier molecular flexibility index (Phi) is 2.87. The lowest BCUT2D eigenvalue weighted by Crippen LogP contribution is -2.57. The van der Waals surface area contributed by atoms with Crippen LogP contribution in [0, 0.1) is 5.41 Å². The number of ether oxygens (including phenoxy) is 1. The molecule has 0 bridgehead atoms. The molecule has 2 heterocycles. The molecule has 0 saturated heterocycles. The Bertz CT molecular complexity index is 611. The van der Waals surface area contributed by atoms with Gasteiger partial charge >= 0.3 is 0 Å². The highest BCUT2D eigenvalue weighted by molar-refractivity contribution is 6.28. The Morgan fingerprint density at radius 3 is 2.95 bits per heavy atom. The van der Waals surface area contributed by atoms with Crippen LogP contribution < -0.4 is 5.32 Å². The number of fused-ring (bicyclic) bond motifs is 1. The summed E-state index contributed by atoms with van der Waals surface area (Å²) in [7, 11) is 1.75. The van der Waals surface area contributed by atoms with Crippen LogP contribution in [0.3, 0.4) is 0 Å². The minimum Gasteiger partial charge on any atom is -0.381 e. The molecule has 0 aliphatic heterocycles. The summed E-state index contributed by atoms with van der Waals surface area (Å²) in [6.07, 6.45) is 2.80. The third-order valence-electron chi connectivity index (χ3n) is 4.03. The van der Waals surface area contributed by atoms with Gasteiger partial charge < -0.3 is 15.0 Å². The first-order valence-electron chi connectivity index (χ1n) is 6.18. The topological polar surface area (TPSA) is 75.7 Å². The Morgan fingerprint density at radius 1 is 1.47 bits per heavy atom. The van der Waals surface area contributed by atoms with Gasteiger partial charge in [-0.15, -0.1) is 0 Å². The zero-order valence-corrected chi connectivity index (χ0v) is 11.8. The number of hydrogen-bond acceptors (Lipinski definition) is 5. The van der Waals surface area contributed by atoms with Gasteiger partial charge in [-0.05, 0) is 18.0 Å². The summed E-state index contributed by atoms with van der Waals surface area (Å²) in [5.41, 5.74) is 1.41. The van der Waals surface area contributed by atoms with Gasteiger partial charge in [0.05, 0.1) is 12.4 Å². The molecule has 2 aromatic heterocycles. The molecule has 0 radical (unpaired) electrons. The zero-order valence-electron chi connectivity index (χ0n) is 11.1. The van der Waals surface area contributed by atoms with Gasteiger partial charge in [0.25, 0.3) is 0 Å². The second kappa shape index (κ2) is 4.31. The van der Waals surface area contributed by atoms with Crippen molar-refractivity contribution in [2.24, 2.45) is 5.41 Å². The maximum absolute atomic E-state index is 5.91. The molecule has 0 amide bonds. The standard InChI is InChI=1S/C12H16ClN5O/c1-12(2)6(4-7(12)19-3)16-10-8-9(15-5-14-8)17-11(13)18-10/h5-7H,4H2,1-3H3,(H2,14,15,16,17,18). The van der Waals surface area contributed by atoms with Crippen molar-refractivity contribution < 1.29 is 4.74 Å². The Hall–Kier alpha value is -1.40. The number of aromatic amines is 1. The number of methoxy groups -OCH3 is 1. The van der Waals surface area contributed by atoms with Crippen LogP contribution in [0.1, 0.15) is 20.3 Å². The average Bonchev–Trinajstić information content (AvgIpc) is 2.81. The summed E-state index contributed by atoms with van der Waals surface area (Å²) in [4.78, 5) is 15.4. The molecule has 1 saturated carbocycles. The van der Waals surface area contributed by atoms with Crippen LogP contribution in [0.5, 0.6) is 0 Å². The van der Waals surface area contributed by atoms with Crippen LogP contribution in [0.4, 0.5) is 5.82 Å². The number of halogens is 1. The van der Waals surface area contributed by atoms with E-state index >= 15 is 0 Å². The second-order valence-electron chi connectivity index (χ2n) is 5.42. The van der Waals surface area contributed by atoms with E-state index in [0.717, 1.165) is 11.9 Å². The van der Waals surface area contributed by atoms with E-state index < -0.39 is 0 Å². The number of hydrogen-bond donors (Lipinski definition) is 2. The lowest BCUT2D eigenvalue weighted by atomic mass is 9.64. The molecular weight excluding hydrogens is 266 g/mol. The van der Waals surface area contributed by atoms with E-state index in [9.17, 15) is 0 Å². The molecule has 0 aromatic carbocycles. The zero-order chi connectivity index (χ0) is 13.6. The van der Waals surface area contributed by atoms with Crippen LogP contribution in [0.25, 0.3) is 11.2 Å². The first-order valence-corrected chi connectivity index (χ1v) is 6.56. The van der Waals surface area contributed by atoms with Gasteiger partial charge in [0, 0.05) is 18.6 Å². The molecule has 7 heteroatoms. The van der Waals surface area contributed by atoms with E-state index in [1.807, 2.05) is 0 Å². The SMILES string of the molecule is COC1CC(Nc2nc(Cl)nc3nc[nH]c23)C1(C)C. The predicted molar refractivity (Wildman–Crippen MR) is 73.3 cm³/mol. The van der Waals surface area contributed by atoms with Crippen molar-refractivity contribution in [3.05, 3.63) is 11.6 Å². The number of nitrogens with zero attached hydrogens (tertiary/aromatic N) is 3. The van der Waals surface area contributed by atoms with Crippen molar-refractivity contribution in [1.29, 1.82) is 0 Å². The minimum absolute atomic E-state index is 0.0541. The summed E-state index contributed by atoms with van der Waals surface area (Å²) in [5.74, 6) is 0.695. The normalized spacial score (nSPS) is 25.3. The predicted octanol–water partition coefficient (Wildman–Crippen LogP) is 2.23. The van der Waals surface area contributed by atoms with Crippen LogP contribution in [-0.4, -0.2) is 39.2 Å². The molecule has 2 N–H and O–H groups in total. The fourth-order valence-corrected chi connectivity index (χ4v) is 2.77. The maximum Gasteiger partial charge on any atom is 0.226 e. The van der Waals surface area contributed by atoms with Gasteiger partial charge in [0.15, 0.2) is 11.5 Å². The molecule has 0 spiro atoms. The van der Waals surface area contributed by atoms with Gasteiger partial charge in [0.2, 0.25) is 5.28 Å². The molecular formula is C12H16ClN5O. The molecule has 3 rings (SSSR count). The smallest absolute Gasteiger partial charge is 0.226 e. The summed E-state index contributed by atoms with van der Waals surface area (Å²) >= 11 is 5.91. The van der Waals surface area contributed by atoms with Crippen molar-refractivity contribution in [2.75, 3.05) is 12.4 Å². The number of imidazole rings is 1. The molecule has 1 aliphatic rings. The number of nitrogens with one attached hydrogen (secondary N) is 2. The van der Waals surface area contributed by atoms with Crippen molar-refractivity contribution >= 4 is 28.6 Å². The van der Waals surface area contributed by atoms with E-state index in [1.165, 1.54) is 0 Å². The lowest BCUT2D eigenvalue weighted by molar-refractivity contribution is -0.0795. The molecule has 19 heavy (non-hydrogen) atoms. The van der Waals surface area contributed by atoms with Gasteiger partial charge in [0.1, 0.15) is 5.52 Å². The first-order chi connectivity index (χ1) is 9.02. The molecule has 1 fully saturated rings. The third-order valence-corrected chi connectivity index (χ3v) is 4.20. The average molecular weight is 282 g/mol. The Morgan fingerprint density at radius 2 is 2.26 bits per heavy atom. The van der Waals surface area contributed by atoms with E-state index in [1.54, 1.807) is 13.4 Å². The summed E-state index contributed by atoms with van der Waals surface area (Å²) < 4.78 is 5.45. The van der Waals surface area contributed by atoms with Crippen molar-refractivity contribution in [3.63, 3.8) is 0 Å². The number of H-pyrrole nitrogens is 1. The van der Waals surface area contributed by atoms with E-state index in [0.29, 0.717) is 11.5 Å². The Labute approximate surface area is 115 Å². The van der Waals surface area contributed by atoms with Gasteiger partial charge in [-0.3, -0.25) is 0 Å². The van der Waals surface area contributed by atoms with Gasteiger partial charge in [-0.25, -0.2) is 4.98 Å². The van der Waals surface area contributed by atoms with Crippen molar-refractivity contribution in [3.8, 4) is 0 Å². The van der Waals surface area contributed by atoms with E-state index in [-0.39, 0.29) is 22.8 Å². The monoisotopic (exact) mass is 281 g/mol. The van der Waals surface area contributed by atoms with Gasteiger partial charge in [-0.2, -0.15) is 9.97 Å². The van der Waals surface area contributed by atoms with E-state index in [2.05, 4.69) is 39.1 Å². The molecule has 1 aliphatic carbocycles. The lowest BCUT2D eigenvalue weighted by Gasteiger charge is -2.51. The summed E-state index contributed by atoms with van der Waals surface area (Å²) in [6.45, 7) is 4.35. The van der Waals surface area contributed by atoms with Crippen LogP contribution in [0.15, 0.2) is 6.33 Å². The minimum atomic E-state index is 0.0541. The number of rotatable bonds is 3. The van der Waals surface area contributed by atoms with Crippen molar-refractivity contribution in [2.45, 2.75) is 32.4 Å². The second-order valence-corrected chi connectivity index (χ2v) is 5.76. The Balaban J connectivity index is 1.88. The molecule has 2 aromatic rings. The quantitative estimate of drug-likeness (QED) is 0.844. The van der Waals surface area contributed by atoms with Crippen LogP contribution in [-0.2, 0) is 4.74 Å². The van der Waals surface area contributed by atoms with Crippen molar-refractivity contribution in [1.82, 2.24) is 19.9 Å². The molecule has 6 nitrogen and oxygen atoms in total. The molecule has 2 atom stereocenters. The van der Waals surface area contributed by atoms with E-state index in [4.69, 9.17) is 16.3 Å². The third kappa shape index (κ3) is 1.95. The fourth-order valence-electron chi connectivity index (χ4n) is 2.61. The van der Waals surface area contributed by atoms with Gasteiger partial charge in [-0.1, -0.05) is 13.8 Å². The van der Waals surface area contributed by atoms with Crippen LogP contribution >= 0.6 is 11.6 Å². The fraction of sp³-hybridized carbons (Fsp3) is 0.583. The number of aromatic nitrogens is 4. The van der Waals surface area contributed by atoms with Crippen LogP contribution in [0.2, 0.25) is 5.28 Å². The highest BCUT2D eigenvalue weighted by atomic mass is 35.5. The molecule has 102 valence electrons. The highest BCUT2D eigenvalue weighted by Gasteiger charge is 2.48. The summed E-state index contributed by atoms with van der Waals surface area (Å²) in [5, 5.41) is 3.61.